The van der Waals surface area contributed by atoms with Crippen molar-refractivity contribution in [2.24, 2.45) is 0 Å². The van der Waals surface area contributed by atoms with Crippen molar-refractivity contribution in [3.05, 3.63) is 64.9 Å². The van der Waals surface area contributed by atoms with Gasteiger partial charge in [0.25, 0.3) is 5.88 Å². The normalized spacial score (nSPS) is 10.5. The zero-order chi connectivity index (χ0) is 20.8. The molecule has 2 aromatic carbocycles. The van der Waals surface area contributed by atoms with Gasteiger partial charge in [-0.05, 0) is 37.6 Å². The zero-order valence-electron chi connectivity index (χ0n) is 16.2. The number of benzene rings is 2. The molecule has 150 valence electrons. The second-order valence-corrected chi connectivity index (χ2v) is 7.59. The van der Waals surface area contributed by atoms with Crippen LogP contribution in [-0.4, -0.2) is 28.7 Å². The summed E-state index contributed by atoms with van der Waals surface area (Å²) in [6.45, 7) is 3.86. The van der Waals surface area contributed by atoms with Crippen LogP contribution in [0.2, 0.25) is 5.02 Å². The first-order valence-corrected chi connectivity index (χ1v) is 10.1. The predicted molar refractivity (Wildman–Crippen MR) is 115 cm³/mol. The number of aryl methyl sites for hydroxylation is 2. The number of thioether (sulfide) groups is 1. The van der Waals surface area contributed by atoms with Gasteiger partial charge < -0.3 is 14.8 Å². The van der Waals surface area contributed by atoms with Crippen LogP contribution in [0.4, 0.5) is 5.69 Å². The van der Waals surface area contributed by atoms with E-state index in [1.54, 1.807) is 24.5 Å². The fourth-order valence-corrected chi connectivity index (χ4v) is 3.30. The van der Waals surface area contributed by atoms with Gasteiger partial charge in [0.15, 0.2) is 5.03 Å². The molecule has 0 saturated carbocycles. The Balaban J connectivity index is 1.66. The van der Waals surface area contributed by atoms with Gasteiger partial charge in [0, 0.05) is 23.5 Å². The summed E-state index contributed by atoms with van der Waals surface area (Å²) >= 11 is 7.35. The number of ether oxygens (including phenoxy) is 2. The fraction of sp³-hybridized carbons (Fsp3) is 0.190. The number of nitrogens with one attached hydrogen (secondary N) is 1. The van der Waals surface area contributed by atoms with Crippen molar-refractivity contribution < 1.29 is 14.3 Å². The van der Waals surface area contributed by atoms with Gasteiger partial charge in [-0.15, -0.1) is 0 Å². The lowest BCUT2D eigenvalue weighted by atomic mass is 10.2. The third-order valence-corrected chi connectivity index (χ3v) is 5.33. The van der Waals surface area contributed by atoms with E-state index in [-0.39, 0.29) is 11.7 Å². The number of hydrogen-bond acceptors (Lipinski definition) is 6. The van der Waals surface area contributed by atoms with Gasteiger partial charge in [-0.1, -0.05) is 41.1 Å². The van der Waals surface area contributed by atoms with Crippen LogP contribution in [0, 0.1) is 13.8 Å². The monoisotopic (exact) mass is 429 g/mol. The van der Waals surface area contributed by atoms with Crippen molar-refractivity contribution in [3.8, 4) is 17.4 Å². The maximum absolute atomic E-state index is 12.4. The lowest BCUT2D eigenvalue weighted by Crippen LogP contribution is -2.15. The molecule has 29 heavy (non-hydrogen) atoms. The summed E-state index contributed by atoms with van der Waals surface area (Å²) in [5, 5.41) is 3.95. The van der Waals surface area contributed by atoms with E-state index in [0.29, 0.717) is 33.1 Å². The third-order valence-electron chi connectivity index (χ3n) is 3.96. The highest BCUT2D eigenvalue weighted by Crippen LogP contribution is 2.32. The molecular weight excluding hydrogens is 410 g/mol. The van der Waals surface area contributed by atoms with Crippen LogP contribution in [0.5, 0.6) is 17.4 Å². The maximum atomic E-state index is 12.4. The van der Waals surface area contributed by atoms with Gasteiger partial charge >= 0.3 is 0 Å². The Morgan fingerprint density at radius 2 is 1.86 bits per heavy atom. The highest BCUT2D eigenvalue weighted by atomic mass is 35.5. The first-order chi connectivity index (χ1) is 14.0. The van der Waals surface area contributed by atoms with E-state index < -0.39 is 0 Å². The Labute approximate surface area is 178 Å². The van der Waals surface area contributed by atoms with Crippen molar-refractivity contribution >= 4 is 35.0 Å². The van der Waals surface area contributed by atoms with E-state index >= 15 is 0 Å². The van der Waals surface area contributed by atoms with Gasteiger partial charge in [0.2, 0.25) is 5.91 Å². The molecule has 3 aromatic rings. The van der Waals surface area contributed by atoms with Crippen molar-refractivity contribution in [2.75, 3.05) is 18.2 Å². The third kappa shape index (κ3) is 5.62. The molecule has 0 aliphatic rings. The standard InChI is InChI=1S/C21H20ClN3O3S/c1-13-4-6-15(7-5-13)28-20-21(24-9-8-23-20)29-12-19(26)25-17-10-14(2)16(22)11-18(17)27-3/h4-11H,12H2,1-3H3,(H,25,26). The molecule has 0 aliphatic heterocycles. The molecular formula is C21H20ClN3O3S. The number of carbonyl (C=O) groups excluding carboxylic acids is 1. The Kier molecular flexibility index (Phi) is 6.95. The first kappa shape index (κ1) is 21.0. The minimum atomic E-state index is -0.207. The molecule has 1 aromatic heterocycles. The Bertz CT molecular complexity index is 1010. The average molecular weight is 430 g/mol. The second kappa shape index (κ2) is 9.62. The molecule has 0 fully saturated rings. The highest BCUT2D eigenvalue weighted by molar-refractivity contribution is 8.00. The number of methoxy groups -OCH3 is 1. The molecule has 1 amide bonds. The second-order valence-electron chi connectivity index (χ2n) is 6.22. The SMILES string of the molecule is COc1cc(Cl)c(C)cc1NC(=O)CSc1nccnc1Oc1ccc(C)cc1. The summed E-state index contributed by atoms with van der Waals surface area (Å²) in [5.41, 5.74) is 2.55. The van der Waals surface area contributed by atoms with E-state index in [1.807, 2.05) is 38.1 Å². The maximum Gasteiger partial charge on any atom is 0.252 e. The molecule has 1 N–H and O–H groups in total. The number of rotatable bonds is 7. The van der Waals surface area contributed by atoms with E-state index in [1.165, 1.54) is 18.9 Å². The molecule has 3 rings (SSSR count). The quantitative estimate of drug-likeness (QED) is 0.515. The molecule has 0 radical (unpaired) electrons. The van der Waals surface area contributed by atoms with E-state index in [2.05, 4.69) is 15.3 Å². The zero-order valence-corrected chi connectivity index (χ0v) is 17.8. The minimum absolute atomic E-state index is 0.133. The van der Waals surface area contributed by atoms with Crippen LogP contribution < -0.4 is 14.8 Å². The van der Waals surface area contributed by atoms with Crippen molar-refractivity contribution in [1.82, 2.24) is 9.97 Å². The van der Waals surface area contributed by atoms with Gasteiger partial charge in [-0.25, -0.2) is 9.97 Å². The number of hydrogen-bond donors (Lipinski definition) is 1. The molecule has 0 spiro atoms. The van der Waals surface area contributed by atoms with Crippen LogP contribution in [0.15, 0.2) is 53.8 Å². The van der Waals surface area contributed by atoms with Crippen LogP contribution in [0.1, 0.15) is 11.1 Å². The van der Waals surface area contributed by atoms with Gasteiger partial charge in [-0.2, -0.15) is 0 Å². The summed E-state index contributed by atoms with van der Waals surface area (Å²) in [6, 6.07) is 11.1. The van der Waals surface area contributed by atoms with Crippen molar-refractivity contribution in [2.45, 2.75) is 18.9 Å². The number of amides is 1. The Hall–Kier alpha value is -2.77. The van der Waals surface area contributed by atoms with E-state index in [0.717, 1.165) is 11.1 Å². The average Bonchev–Trinajstić information content (AvgIpc) is 2.71. The molecule has 1 heterocycles. The summed E-state index contributed by atoms with van der Waals surface area (Å²) in [5.74, 6) is 1.44. The Morgan fingerprint density at radius 1 is 1.14 bits per heavy atom. The summed E-state index contributed by atoms with van der Waals surface area (Å²) in [4.78, 5) is 21.0. The molecule has 0 unspecified atom stereocenters. The van der Waals surface area contributed by atoms with Gasteiger partial charge in [0.1, 0.15) is 11.5 Å². The number of nitrogens with zero attached hydrogens (tertiary/aromatic N) is 2. The molecule has 8 heteroatoms. The summed E-state index contributed by atoms with van der Waals surface area (Å²) in [6.07, 6.45) is 3.11. The Morgan fingerprint density at radius 3 is 2.59 bits per heavy atom. The number of anilines is 1. The van der Waals surface area contributed by atoms with Crippen LogP contribution in [-0.2, 0) is 4.79 Å². The lowest BCUT2D eigenvalue weighted by Gasteiger charge is -2.12. The minimum Gasteiger partial charge on any atom is -0.495 e. The number of aromatic nitrogens is 2. The number of carbonyl (C=O) groups is 1. The molecule has 0 atom stereocenters. The molecule has 0 aliphatic carbocycles. The van der Waals surface area contributed by atoms with E-state index in [4.69, 9.17) is 21.1 Å². The highest BCUT2D eigenvalue weighted by Gasteiger charge is 2.14. The smallest absolute Gasteiger partial charge is 0.252 e. The van der Waals surface area contributed by atoms with Crippen molar-refractivity contribution in [3.63, 3.8) is 0 Å². The molecule has 6 nitrogen and oxygen atoms in total. The van der Waals surface area contributed by atoms with Gasteiger partial charge in [0.05, 0.1) is 18.6 Å². The lowest BCUT2D eigenvalue weighted by molar-refractivity contribution is -0.113. The molecule has 0 bridgehead atoms. The molecule has 0 saturated heterocycles. The fourth-order valence-electron chi connectivity index (χ4n) is 2.45. The summed E-state index contributed by atoms with van der Waals surface area (Å²) in [7, 11) is 1.53. The topological polar surface area (TPSA) is 73.3 Å². The summed E-state index contributed by atoms with van der Waals surface area (Å²) < 4.78 is 11.1. The van der Waals surface area contributed by atoms with Crippen LogP contribution in [0.3, 0.4) is 0 Å². The largest absolute Gasteiger partial charge is 0.495 e. The number of halogens is 1. The van der Waals surface area contributed by atoms with Crippen LogP contribution >= 0.6 is 23.4 Å². The van der Waals surface area contributed by atoms with Crippen molar-refractivity contribution in [1.29, 1.82) is 0 Å². The predicted octanol–water partition coefficient (Wildman–Crippen LogP) is 5.28. The van der Waals surface area contributed by atoms with E-state index in [9.17, 15) is 4.79 Å². The van der Waals surface area contributed by atoms with Crippen LogP contribution in [0.25, 0.3) is 0 Å². The van der Waals surface area contributed by atoms with Gasteiger partial charge in [-0.3, -0.25) is 4.79 Å². The first-order valence-electron chi connectivity index (χ1n) is 8.78.